The Morgan fingerprint density at radius 2 is 1.00 bits per heavy atom. The van der Waals surface area contributed by atoms with E-state index in [2.05, 4.69) is 109 Å². The van der Waals surface area contributed by atoms with Gasteiger partial charge < -0.3 is 24.9 Å². The Balaban J connectivity index is 1.50. The predicted molar refractivity (Wildman–Crippen MR) is 142 cm³/mol. The zero-order chi connectivity index (χ0) is 23.5. The summed E-state index contributed by atoms with van der Waals surface area (Å²) < 4.78 is 6.16. The maximum atomic E-state index is 6.16. The first-order valence-corrected chi connectivity index (χ1v) is 12.2. The first-order valence-electron chi connectivity index (χ1n) is 12.2. The summed E-state index contributed by atoms with van der Waals surface area (Å²) in [4.78, 5) is 4.66. The lowest BCUT2D eigenvalue weighted by atomic mass is 10.1. The van der Waals surface area contributed by atoms with Crippen LogP contribution in [0, 0.1) is 0 Å². The lowest BCUT2D eigenvalue weighted by Gasteiger charge is -2.14. The van der Waals surface area contributed by atoms with Crippen molar-refractivity contribution in [2.24, 2.45) is 0 Å². The highest BCUT2D eigenvalue weighted by molar-refractivity contribution is 5.67. The van der Waals surface area contributed by atoms with Crippen molar-refractivity contribution >= 4 is 11.4 Å². The Kier molecular flexibility index (Phi) is 9.85. The largest absolute Gasteiger partial charge is 0.456 e. The van der Waals surface area contributed by atoms with Gasteiger partial charge in [-0.15, -0.1) is 0 Å². The number of hydrogen-bond donors (Lipinski definition) is 2. The van der Waals surface area contributed by atoms with Crippen LogP contribution in [0.4, 0.5) is 11.4 Å². The van der Waals surface area contributed by atoms with Crippen LogP contribution < -0.4 is 10.6 Å². The van der Waals surface area contributed by atoms with Crippen LogP contribution in [0.2, 0.25) is 0 Å². The molecule has 0 radical (unpaired) electrons. The Bertz CT molecular complexity index is 857. The summed E-state index contributed by atoms with van der Waals surface area (Å²) in [6.45, 7) is 10.8. The summed E-state index contributed by atoms with van der Waals surface area (Å²) in [6.07, 6.45) is 2.27. The molecule has 178 valence electrons. The molecule has 0 fully saturated rings. The van der Waals surface area contributed by atoms with E-state index >= 15 is 0 Å². The van der Waals surface area contributed by atoms with Crippen molar-refractivity contribution in [3.63, 3.8) is 0 Å². The van der Waals surface area contributed by atoms with E-state index in [0.29, 0.717) is 0 Å². The van der Waals surface area contributed by atoms with Crippen LogP contribution in [0.5, 0.6) is 0 Å². The minimum Gasteiger partial charge on any atom is -0.456 e. The SMILES string of the molecule is CCN(C)CCCNc1ccc(-c2ccc(-c3ccc(NCCCN(C)CC)cc3)o2)cc1. The van der Waals surface area contributed by atoms with Crippen LogP contribution in [0.25, 0.3) is 22.6 Å². The van der Waals surface area contributed by atoms with Gasteiger partial charge in [-0.05, 0) is 114 Å². The molecule has 0 aliphatic rings. The molecule has 1 aromatic heterocycles. The zero-order valence-corrected chi connectivity index (χ0v) is 20.7. The average molecular weight is 449 g/mol. The second kappa shape index (κ2) is 13.1. The Morgan fingerprint density at radius 1 is 0.606 bits per heavy atom. The van der Waals surface area contributed by atoms with Gasteiger partial charge >= 0.3 is 0 Å². The van der Waals surface area contributed by atoms with Crippen LogP contribution in [0.1, 0.15) is 26.7 Å². The third-order valence-electron chi connectivity index (χ3n) is 6.12. The lowest BCUT2D eigenvalue weighted by molar-refractivity contribution is 0.351. The lowest BCUT2D eigenvalue weighted by Crippen LogP contribution is -2.20. The zero-order valence-electron chi connectivity index (χ0n) is 20.7. The minimum atomic E-state index is 0.892. The summed E-state index contributed by atoms with van der Waals surface area (Å²) in [7, 11) is 4.32. The highest BCUT2D eigenvalue weighted by atomic mass is 16.3. The highest BCUT2D eigenvalue weighted by Crippen LogP contribution is 2.29. The molecule has 3 rings (SSSR count). The number of benzene rings is 2. The maximum Gasteiger partial charge on any atom is 0.134 e. The van der Waals surface area contributed by atoms with E-state index in [1.54, 1.807) is 0 Å². The minimum absolute atomic E-state index is 0.892. The number of furan rings is 1. The van der Waals surface area contributed by atoms with Crippen molar-refractivity contribution in [1.29, 1.82) is 0 Å². The fourth-order valence-corrected chi connectivity index (χ4v) is 3.63. The summed E-state index contributed by atoms with van der Waals surface area (Å²) in [5, 5.41) is 7.00. The van der Waals surface area contributed by atoms with Crippen LogP contribution in [0.15, 0.2) is 65.1 Å². The third-order valence-corrected chi connectivity index (χ3v) is 6.12. The maximum absolute atomic E-state index is 6.16. The van der Waals surface area contributed by atoms with Crippen LogP contribution in [0.3, 0.4) is 0 Å². The quantitative estimate of drug-likeness (QED) is 0.291. The molecule has 0 saturated carbocycles. The van der Waals surface area contributed by atoms with Crippen molar-refractivity contribution < 1.29 is 4.42 Å². The van der Waals surface area contributed by atoms with Gasteiger partial charge in [-0.2, -0.15) is 0 Å². The molecule has 0 bridgehead atoms. The Labute approximate surface area is 199 Å². The molecule has 3 aromatic rings. The number of nitrogens with zero attached hydrogens (tertiary/aromatic N) is 2. The molecule has 0 amide bonds. The number of anilines is 2. The normalized spacial score (nSPS) is 11.3. The molecule has 0 saturated heterocycles. The second-order valence-corrected chi connectivity index (χ2v) is 8.67. The monoisotopic (exact) mass is 448 g/mol. The molecule has 1 heterocycles. The molecule has 33 heavy (non-hydrogen) atoms. The van der Waals surface area contributed by atoms with Crippen molar-refractivity contribution in [3.05, 3.63) is 60.7 Å². The van der Waals surface area contributed by atoms with Gasteiger partial charge in [0.15, 0.2) is 0 Å². The number of hydrogen-bond acceptors (Lipinski definition) is 5. The molecule has 2 N–H and O–H groups in total. The summed E-state index contributed by atoms with van der Waals surface area (Å²) in [5.74, 6) is 1.78. The molecule has 0 unspecified atom stereocenters. The van der Waals surface area contributed by atoms with E-state index in [1.807, 2.05) is 0 Å². The van der Waals surface area contributed by atoms with Crippen molar-refractivity contribution in [1.82, 2.24) is 9.80 Å². The van der Waals surface area contributed by atoms with Gasteiger partial charge in [0, 0.05) is 35.6 Å². The number of rotatable bonds is 14. The first-order chi connectivity index (χ1) is 16.1. The van der Waals surface area contributed by atoms with Crippen LogP contribution in [-0.4, -0.2) is 63.2 Å². The van der Waals surface area contributed by atoms with E-state index in [-0.39, 0.29) is 0 Å². The summed E-state index contributed by atoms with van der Waals surface area (Å²) in [5.41, 5.74) is 4.48. The van der Waals surface area contributed by atoms with Crippen molar-refractivity contribution in [3.8, 4) is 22.6 Å². The molecular weight excluding hydrogens is 408 g/mol. The molecule has 0 spiro atoms. The summed E-state index contributed by atoms with van der Waals surface area (Å²) >= 11 is 0. The molecule has 2 aromatic carbocycles. The Morgan fingerprint density at radius 3 is 1.36 bits per heavy atom. The van der Waals surface area contributed by atoms with Gasteiger partial charge in [0.05, 0.1) is 0 Å². The van der Waals surface area contributed by atoms with Gasteiger partial charge in [0.25, 0.3) is 0 Å². The van der Waals surface area contributed by atoms with Gasteiger partial charge in [-0.25, -0.2) is 0 Å². The predicted octanol–water partition coefficient (Wildman–Crippen LogP) is 6.12. The number of nitrogens with one attached hydrogen (secondary N) is 2. The fraction of sp³-hybridized carbons (Fsp3) is 0.429. The van der Waals surface area contributed by atoms with Crippen molar-refractivity contribution in [2.45, 2.75) is 26.7 Å². The topological polar surface area (TPSA) is 43.7 Å². The van der Waals surface area contributed by atoms with E-state index in [0.717, 1.165) is 86.1 Å². The van der Waals surface area contributed by atoms with Gasteiger partial charge in [-0.3, -0.25) is 0 Å². The van der Waals surface area contributed by atoms with Gasteiger partial charge in [-0.1, -0.05) is 13.8 Å². The van der Waals surface area contributed by atoms with E-state index in [1.165, 1.54) is 0 Å². The van der Waals surface area contributed by atoms with Crippen LogP contribution in [-0.2, 0) is 0 Å². The third kappa shape index (κ3) is 7.95. The highest BCUT2D eigenvalue weighted by Gasteiger charge is 2.07. The molecule has 0 aliphatic carbocycles. The molecule has 0 atom stereocenters. The van der Waals surface area contributed by atoms with Gasteiger partial charge in [0.1, 0.15) is 11.5 Å². The Hall–Kier alpha value is -2.76. The molecular formula is C28H40N4O. The van der Waals surface area contributed by atoms with E-state index in [9.17, 15) is 0 Å². The molecule has 5 heteroatoms. The van der Waals surface area contributed by atoms with E-state index < -0.39 is 0 Å². The summed E-state index contributed by atoms with van der Waals surface area (Å²) in [6, 6.07) is 21.1. The smallest absolute Gasteiger partial charge is 0.134 e. The molecule has 0 aliphatic heterocycles. The second-order valence-electron chi connectivity index (χ2n) is 8.67. The van der Waals surface area contributed by atoms with Crippen LogP contribution >= 0.6 is 0 Å². The van der Waals surface area contributed by atoms with Crippen molar-refractivity contribution in [2.75, 3.05) is 64.0 Å². The average Bonchev–Trinajstić information content (AvgIpc) is 3.35. The molecule has 5 nitrogen and oxygen atoms in total. The standard InChI is InChI=1S/C28H40N4O/c1-5-31(3)21-7-19-29-25-13-9-23(10-14-25)27-17-18-28(33-27)24-11-15-26(16-12-24)30-20-8-22-32(4)6-2/h9-18,29-30H,5-8,19-22H2,1-4H3. The van der Waals surface area contributed by atoms with Gasteiger partial charge in [0.2, 0.25) is 0 Å². The first kappa shape index (κ1) is 24.9. The fourth-order valence-electron chi connectivity index (χ4n) is 3.63. The van der Waals surface area contributed by atoms with E-state index in [4.69, 9.17) is 4.42 Å².